The average molecular weight is 176 g/mol. The van der Waals surface area contributed by atoms with Gasteiger partial charge in [0.25, 0.3) is 0 Å². The van der Waals surface area contributed by atoms with Crippen molar-refractivity contribution < 1.29 is 14.4 Å². The first-order valence-electron chi connectivity index (χ1n) is 2.99. The van der Waals surface area contributed by atoms with E-state index in [9.17, 15) is 4.57 Å². The highest BCUT2D eigenvalue weighted by molar-refractivity contribution is 7.50. The predicted molar refractivity (Wildman–Crippen MR) is 46.2 cm³/mol. The van der Waals surface area contributed by atoms with Gasteiger partial charge >= 0.3 is 7.60 Å². The molecule has 0 unspecified atom stereocenters. The van der Waals surface area contributed by atoms with Crippen LogP contribution >= 0.6 is 7.60 Å². The van der Waals surface area contributed by atoms with Crippen LogP contribution in [0.15, 0.2) is 12.2 Å². The van der Waals surface area contributed by atoms with Crippen LogP contribution in [0, 0.1) is 12.3 Å². The van der Waals surface area contributed by atoms with Crippen LogP contribution in [0.4, 0.5) is 0 Å². The second-order valence-corrected chi connectivity index (χ2v) is 3.48. The lowest BCUT2D eigenvalue weighted by Gasteiger charge is -1.84. The molecule has 11 heavy (non-hydrogen) atoms. The summed E-state index contributed by atoms with van der Waals surface area (Å²) in [6.45, 7) is 2.81. The van der Waals surface area contributed by atoms with Crippen molar-refractivity contribution >= 4 is 7.60 Å². The number of rotatable bonds is 1. The minimum absolute atomic E-state index is 0.760. The smallest absolute Gasteiger partial charge is 0.322 e. The molecule has 0 aliphatic carbocycles. The van der Waals surface area contributed by atoms with Crippen LogP contribution in [0.25, 0.3) is 0 Å². The lowest BCUT2D eigenvalue weighted by molar-refractivity contribution is 0.381. The van der Waals surface area contributed by atoms with Crippen molar-refractivity contribution in [2.24, 2.45) is 0 Å². The van der Waals surface area contributed by atoms with Gasteiger partial charge in [0.15, 0.2) is 0 Å². The Hall–Kier alpha value is -0.550. The van der Waals surface area contributed by atoms with Gasteiger partial charge in [0.05, 0.1) is 0 Å². The van der Waals surface area contributed by atoms with Crippen molar-refractivity contribution in [3.05, 3.63) is 12.2 Å². The summed E-state index contributed by atoms with van der Waals surface area (Å²) in [5.74, 6) is 2.48. The van der Waals surface area contributed by atoms with E-state index in [1.54, 1.807) is 0 Å². The zero-order valence-electron chi connectivity index (χ0n) is 6.69. The summed E-state index contributed by atoms with van der Waals surface area (Å²) >= 11 is 0. The minimum Gasteiger partial charge on any atom is -0.325 e. The van der Waals surface area contributed by atoms with Gasteiger partial charge in [-0.1, -0.05) is 12.2 Å². The molecule has 0 radical (unpaired) electrons. The quantitative estimate of drug-likeness (QED) is 0.360. The van der Waals surface area contributed by atoms with E-state index in [2.05, 4.69) is 5.92 Å². The predicted octanol–water partition coefficient (Wildman–Crippen LogP) is 1.38. The van der Waals surface area contributed by atoms with E-state index in [0.717, 1.165) is 13.1 Å². The van der Waals surface area contributed by atoms with Gasteiger partial charge in [0, 0.05) is 13.1 Å². The van der Waals surface area contributed by atoms with Gasteiger partial charge in [-0.05, 0) is 6.92 Å². The van der Waals surface area contributed by atoms with E-state index in [1.807, 2.05) is 19.1 Å². The van der Waals surface area contributed by atoms with Crippen molar-refractivity contribution in [2.45, 2.75) is 13.3 Å². The van der Waals surface area contributed by atoms with Gasteiger partial charge in [0.1, 0.15) is 0 Å². The Morgan fingerprint density at radius 3 is 2.09 bits per heavy atom. The highest BCUT2D eigenvalue weighted by Crippen LogP contribution is 2.26. The van der Waals surface area contributed by atoms with Crippen LogP contribution in [0.2, 0.25) is 0 Å². The first kappa shape index (κ1) is 13.1. The molecule has 0 aromatic rings. The summed E-state index contributed by atoms with van der Waals surface area (Å²) < 4.78 is 9.33. The van der Waals surface area contributed by atoms with Crippen LogP contribution in [-0.2, 0) is 4.57 Å². The molecule has 0 rings (SSSR count). The molecule has 0 saturated heterocycles. The third kappa shape index (κ3) is 87.4. The molecule has 0 aliphatic heterocycles. The molecular formula is C7H13O3P. The minimum atomic E-state index is -3.64. The van der Waals surface area contributed by atoms with Crippen LogP contribution in [0.1, 0.15) is 13.3 Å². The monoisotopic (exact) mass is 176 g/mol. The van der Waals surface area contributed by atoms with Gasteiger partial charge in [0.2, 0.25) is 0 Å². The third-order valence-electron chi connectivity index (χ3n) is 0.471. The van der Waals surface area contributed by atoms with Gasteiger partial charge in [-0.2, -0.15) is 0 Å². The average Bonchev–Trinajstić information content (AvgIpc) is 1.79. The number of hydrogen-bond donors (Lipinski definition) is 2. The highest BCUT2D eigenvalue weighted by atomic mass is 31.2. The topological polar surface area (TPSA) is 57.5 Å². The Kier molecular flexibility index (Phi) is 8.98. The standard InChI is InChI=1S/C6H8.CH5O3P/c1-3-5-6-4-2;1-5(2,3)4/h1,4,6H,5H2,2H3;1H3,(H2,2,3,4). The van der Waals surface area contributed by atoms with E-state index in [4.69, 9.17) is 16.2 Å². The molecule has 0 heterocycles. The van der Waals surface area contributed by atoms with E-state index < -0.39 is 7.60 Å². The molecule has 0 aromatic carbocycles. The van der Waals surface area contributed by atoms with Crippen LogP contribution in [-0.4, -0.2) is 16.5 Å². The van der Waals surface area contributed by atoms with Crippen LogP contribution in [0.5, 0.6) is 0 Å². The Balaban J connectivity index is 0. The van der Waals surface area contributed by atoms with Crippen LogP contribution < -0.4 is 0 Å². The first-order valence-corrected chi connectivity index (χ1v) is 5.05. The number of allylic oxidation sites excluding steroid dienone is 2. The van der Waals surface area contributed by atoms with Gasteiger partial charge in [-0.15, -0.1) is 12.3 Å². The van der Waals surface area contributed by atoms with Crippen LogP contribution in [0.3, 0.4) is 0 Å². The molecule has 4 heteroatoms. The fourth-order valence-corrected chi connectivity index (χ4v) is 0.186. The zero-order chi connectivity index (χ0) is 9.33. The lowest BCUT2D eigenvalue weighted by Crippen LogP contribution is -1.64. The zero-order valence-corrected chi connectivity index (χ0v) is 7.58. The van der Waals surface area contributed by atoms with E-state index in [0.29, 0.717) is 0 Å². The lowest BCUT2D eigenvalue weighted by atomic mass is 10.4. The molecule has 64 valence electrons. The van der Waals surface area contributed by atoms with Gasteiger partial charge in [-0.3, -0.25) is 4.57 Å². The maximum absolute atomic E-state index is 9.33. The second kappa shape index (κ2) is 7.56. The van der Waals surface area contributed by atoms with Gasteiger partial charge < -0.3 is 9.79 Å². The molecule has 0 aromatic heterocycles. The highest BCUT2D eigenvalue weighted by Gasteiger charge is 1.95. The Labute approximate surface area is 67.3 Å². The van der Waals surface area contributed by atoms with Crippen molar-refractivity contribution in [2.75, 3.05) is 6.66 Å². The van der Waals surface area contributed by atoms with Crippen molar-refractivity contribution in [3.8, 4) is 12.3 Å². The molecule has 0 spiro atoms. The summed E-state index contributed by atoms with van der Waals surface area (Å²) in [5, 5.41) is 0. The third-order valence-corrected chi connectivity index (χ3v) is 0.471. The van der Waals surface area contributed by atoms with Crippen molar-refractivity contribution in [1.29, 1.82) is 0 Å². The van der Waals surface area contributed by atoms with Crippen molar-refractivity contribution in [3.63, 3.8) is 0 Å². The fraction of sp³-hybridized carbons (Fsp3) is 0.429. The maximum Gasteiger partial charge on any atom is 0.322 e. The Bertz CT molecular complexity index is 176. The molecule has 0 fully saturated rings. The fourth-order valence-electron chi connectivity index (χ4n) is 0.186. The molecular weight excluding hydrogens is 163 g/mol. The Morgan fingerprint density at radius 2 is 2.00 bits per heavy atom. The number of hydrogen-bond acceptors (Lipinski definition) is 1. The van der Waals surface area contributed by atoms with E-state index in [1.165, 1.54) is 0 Å². The first-order chi connectivity index (χ1) is 4.91. The van der Waals surface area contributed by atoms with Crippen molar-refractivity contribution in [1.82, 2.24) is 0 Å². The summed E-state index contributed by atoms with van der Waals surface area (Å²) in [6, 6.07) is 0. The molecule has 3 nitrogen and oxygen atoms in total. The maximum atomic E-state index is 9.33. The molecule has 2 N–H and O–H groups in total. The second-order valence-electron chi connectivity index (χ2n) is 1.81. The normalized spacial score (nSPS) is 10.1. The molecule has 0 saturated carbocycles. The van der Waals surface area contributed by atoms with E-state index >= 15 is 0 Å². The molecule has 0 bridgehead atoms. The SMILES string of the molecule is C#CCC=CC.CP(=O)(O)O. The molecule has 0 amide bonds. The summed E-state index contributed by atoms with van der Waals surface area (Å²) in [6.07, 6.45) is 9.56. The summed E-state index contributed by atoms with van der Waals surface area (Å²) in [5.41, 5.74) is 0. The molecule has 0 aliphatic rings. The summed E-state index contributed by atoms with van der Waals surface area (Å²) in [7, 11) is -3.64. The van der Waals surface area contributed by atoms with E-state index in [-0.39, 0.29) is 0 Å². The largest absolute Gasteiger partial charge is 0.325 e. The summed E-state index contributed by atoms with van der Waals surface area (Å²) in [4.78, 5) is 15.3. The Morgan fingerprint density at radius 1 is 1.64 bits per heavy atom. The van der Waals surface area contributed by atoms with Gasteiger partial charge in [-0.25, -0.2) is 0 Å². The molecule has 0 atom stereocenters. The number of terminal acetylenes is 1.